The second-order valence-corrected chi connectivity index (χ2v) is 8.11. The molecule has 0 atom stereocenters. The minimum absolute atomic E-state index is 0.0616. The van der Waals surface area contributed by atoms with Crippen LogP contribution >= 0.6 is 11.3 Å². The Hall–Kier alpha value is -1.69. The predicted octanol–water partition coefficient (Wildman–Crippen LogP) is 2.38. The van der Waals surface area contributed by atoms with Crippen molar-refractivity contribution in [3.63, 3.8) is 0 Å². The predicted molar refractivity (Wildman–Crippen MR) is 90.7 cm³/mol. The van der Waals surface area contributed by atoms with E-state index in [9.17, 15) is 9.59 Å². The van der Waals surface area contributed by atoms with E-state index >= 15 is 0 Å². The Morgan fingerprint density at radius 3 is 2.61 bits per heavy atom. The van der Waals surface area contributed by atoms with E-state index in [4.69, 9.17) is 0 Å². The summed E-state index contributed by atoms with van der Waals surface area (Å²) in [6.45, 7) is 4.00. The number of aryl methyl sites for hydroxylation is 2. The Morgan fingerprint density at radius 1 is 1.35 bits per heavy atom. The molecule has 2 aromatic rings. The van der Waals surface area contributed by atoms with Gasteiger partial charge in [0.05, 0.1) is 11.7 Å². The average Bonchev–Trinajstić information content (AvgIpc) is 3.41. The third-order valence-electron chi connectivity index (χ3n) is 5.06. The third kappa shape index (κ3) is 2.80. The van der Waals surface area contributed by atoms with Crippen LogP contribution in [0.5, 0.6) is 0 Å². The van der Waals surface area contributed by atoms with Crippen molar-refractivity contribution >= 4 is 27.5 Å². The molecule has 23 heavy (non-hydrogen) atoms. The number of aromatic nitrogens is 2. The molecule has 0 unspecified atom stereocenters. The largest absolute Gasteiger partial charge is 0.351 e. The van der Waals surface area contributed by atoms with E-state index in [0.29, 0.717) is 23.3 Å². The lowest BCUT2D eigenvalue weighted by molar-refractivity contribution is -0.122. The van der Waals surface area contributed by atoms with E-state index in [1.807, 2.05) is 13.8 Å². The van der Waals surface area contributed by atoms with Gasteiger partial charge in [0, 0.05) is 10.9 Å². The van der Waals surface area contributed by atoms with Crippen LogP contribution in [0.4, 0.5) is 0 Å². The summed E-state index contributed by atoms with van der Waals surface area (Å²) < 4.78 is 1.44. The van der Waals surface area contributed by atoms with E-state index < -0.39 is 0 Å². The van der Waals surface area contributed by atoms with Crippen molar-refractivity contribution in [3.05, 3.63) is 27.1 Å². The molecule has 0 aromatic carbocycles. The minimum atomic E-state index is -0.110. The van der Waals surface area contributed by atoms with Gasteiger partial charge in [0.25, 0.3) is 5.56 Å². The van der Waals surface area contributed by atoms with Crippen molar-refractivity contribution in [2.75, 3.05) is 0 Å². The van der Waals surface area contributed by atoms with Crippen molar-refractivity contribution in [1.29, 1.82) is 0 Å². The Bertz CT molecular complexity index is 818. The molecule has 4 rings (SSSR count). The van der Waals surface area contributed by atoms with E-state index in [2.05, 4.69) is 10.3 Å². The normalized spacial score (nSPS) is 17.9. The van der Waals surface area contributed by atoms with Crippen LogP contribution in [0.3, 0.4) is 0 Å². The number of nitrogens with zero attached hydrogens (tertiary/aromatic N) is 2. The number of hydrogen-bond donors (Lipinski definition) is 1. The number of nitrogens with one attached hydrogen (secondary N) is 1. The van der Waals surface area contributed by atoms with Crippen LogP contribution in [0.1, 0.15) is 36.1 Å². The van der Waals surface area contributed by atoms with Gasteiger partial charge in [0.1, 0.15) is 11.4 Å². The lowest BCUT2D eigenvalue weighted by Crippen LogP contribution is -2.41. The van der Waals surface area contributed by atoms with Crippen LogP contribution in [-0.2, 0) is 11.3 Å². The fourth-order valence-electron chi connectivity index (χ4n) is 3.30. The molecule has 5 nitrogen and oxygen atoms in total. The maximum atomic E-state index is 12.6. The summed E-state index contributed by atoms with van der Waals surface area (Å²) in [4.78, 5) is 31.2. The second-order valence-electron chi connectivity index (χ2n) is 6.91. The van der Waals surface area contributed by atoms with Crippen LogP contribution < -0.4 is 10.9 Å². The topological polar surface area (TPSA) is 64.0 Å². The smallest absolute Gasteiger partial charge is 0.262 e. The first-order chi connectivity index (χ1) is 11.0. The molecule has 2 heterocycles. The molecule has 2 saturated carbocycles. The van der Waals surface area contributed by atoms with Gasteiger partial charge in [0.15, 0.2) is 0 Å². The molecule has 0 radical (unpaired) electrons. The lowest BCUT2D eigenvalue weighted by atomic mass is 10.1. The number of fused-ring (bicyclic) bond motifs is 1. The van der Waals surface area contributed by atoms with Gasteiger partial charge in [-0.1, -0.05) is 0 Å². The molecule has 2 aromatic heterocycles. The summed E-state index contributed by atoms with van der Waals surface area (Å²) in [6.07, 6.45) is 6.40. The maximum Gasteiger partial charge on any atom is 0.262 e. The Balaban J connectivity index is 1.55. The second kappa shape index (κ2) is 5.44. The van der Waals surface area contributed by atoms with Gasteiger partial charge in [-0.2, -0.15) is 0 Å². The van der Waals surface area contributed by atoms with Crippen LogP contribution in [0.15, 0.2) is 11.1 Å². The average molecular weight is 331 g/mol. The Morgan fingerprint density at radius 2 is 2.00 bits per heavy atom. The zero-order chi connectivity index (χ0) is 16.1. The molecule has 1 amide bonds. The first-order valence-electron chi connectivity index (χ1n) is 8.29. The SMILES string of the molecule is Cc1sc2ncn(CC(=O)NC(C3CC3)C3CC3)c(=O)c2c1C. The maximum absolute atomic E-state index is 12.6. The van der Waals surface area contributed by atoms with Gasteiger partial charge in [-0.15, -0.1) is 11.3 Å². The molecule has 0 spiro atoms. The van der Waals surface area contributed by atoms with Gasteiger partial charge >= 0.3 is 0 Å². The van der Waals surface area contributed by atoms with Crippen molar-refractivity contribution in [3.8, 4) is 0 Å². The highest BCUT2D eigenvalue weighted by Crippen LogP contribution is 2.44. The van der Waals surface area contributed by atoms with Crippen LogP contribution in [-0.4, -0.2) is 21.5 Å². The van der Waals surface area contributed by atoms with E-state index in [1.54, 1.807) is 0 Å². The summed E-state index contributed by atoms with van der Waals surface area (Å²) in [6, 6.07) is 0.319. The number of carbonyl (C=O) groups excluding carboxylic acids is 1. The van der Waals surface area contributed by atoms with Crippen molar-refractivity contribution < 1.29 is 4.79 Å². The molecule has 6 heteroatoms. The highest BCUT2D eigenvalue weighted by molar-refractivity contribution is 7.18. The van der Waals surface area contributed by atoms with Gasteiger partial charge in [-0.3, -0.25) is 14.2 Å². The first-order valence-corrected chi connectivity index (χ1v) is 9.10. The summed E-state index contributed by atoms with van der Waals surface area (Å²) in [5.41, 5.74) is 0.868. The molecule has 2 aliphatic carbocycles. The molecular weight excluding hydrogens is 310 g/mol. The third-order valence-corrected chi connectivity index (χ3v) is 6.17. The van der Waals surface area contributed by atoms with Crippen LogP contribution in [0.2, 0.25) is 0 Å². The summed E-state index contributed by atoms with van der Waals surface area (Å²) in [5, 5.41) is 3.82. The van der Waals surface area contributed by atoms with E-state index in [-0.39, 0.29) is 18.0 Å². The molecule has 2 fully saturated rings. The molecule has 0 bridgehead atoms. The fourth-order valence-corrected chi connectivity index (χ4v) is 4.29. The molecule has 2 aliphatic rings. The van der Waals surface area contributed by atoms with Crippen molar-refractivity contribution in [2.24, 2.45) is 11.8 Å². The Labute approximate surface area is 138 Å². The van der Waals surface area contributed by atoms with Gasteiger partial charge in [0.2, 0.25) is 5.91 Å². The number of thiophene rings is 1. The number of rotatable bonds is 5. The molecule has 0 saturated heterocycles. The fraction of sp³-hybridized carbons (Fsp3) is 0.588. The highest BCUT2D eigenvalue weighted by atomic mass is 32.1. The van der Waals surface area contributed by atoms with Gasteiger partial charge < -0.3 is 5.32 Å². The lowest BCUT2D eigenvalue weighted by Gasteiger charge is -2.18. The van der Waals surface area contributed by atoms with Gasteiger partial charge in [-0.25, -0.2) is 4.98 Å². The number of carbonyl (C=O) groups is 1. The molecular formula is C17H21N3O2S. The van der Waals surface area contributed by atoms with E-state index in [0.717, 1.165) is 15.3 Å². The van der Waals surface area contributed by atoms with Gasteiger partial charge in [-0.05, 0) is 56.9 Å². The van der Waals surface area contributed by atoms with Crippen LogP contribution in [0.25, 0.3) is 10.2 Å². The van der Waals surface area contributed by atoms with Crippen molar-refractivity contribution in [1.82, 2.24) is 14.9 Å². The monoisotopic (exact) mass is 331 g/mol. The standard InChI is InChI=1S/C17H21N3O2S/c1-9-10(2)23-16-14(9)17(22)20(8-18-16)7-13(21)19-15(11-3-4-11)12-5-6-12/h8,11-12,15H,3-7H2,1-2H3,(H,19,21). The summed E-state index contributed by atoms with van der Waals surface area (Å²) in [7, 11) is 0. The summed E-state index contributed by atoms with van der Waals surface area (Å²) >= 11 is 1.53. The highest BCUT2D eigenvalue weighted by Gasteiger charge is 2.42. The zero-order valence-electron chi connectivity index (χ0n) is 13.5. The number of amides is 1. The zero-order valence-corrected chi connectivity index (χ0v) is 14.3. The number of hydrogen-bond acceptors (Lipinski definition) is 4. The van der Waals surface area contributed by atoms with Crippen molar-refractivity contribution in [2.45, 2.75) is 52.1 Å². The minimum Gasteiger partial charge on any atom is -0.351 e. The molecule has 1 N–H and O–H groups in total. The van der Waals surface area contributed by atoms with Crippen LogP contribution in [0, 0.1) is 25.7 Å². The quantitative estimate of drug-likeness (QED) is 0.915. The first kappa shape index (κ1) is 14.9. The summed E-state index contributed by atoms with van der Waals surface area (Å²) in [5.74, 6) is 1.25. The Kier molecular flexibility index (Phi) is 3.52. The molecule has 0 aliphatic heterocycles. The van der Waals surface area contributed by atoms with E-state index in [1.165, 1.54) is 47.9 Å². The molecule has 122 valence electrons.